The van der Waals surface area contributed by atoms with E-state index in [1.54, 1.807) is 0 Å². The summed E-state index contributed by atoms with van der Waals surface area (Å²) in [7, 11) is 0. The highest BCUT2D eigenvalue weighted by atomic mass is 15.1. The first kappa shape index (κ1) is 12.2. The molecule has 1 aromatic heterocycles. The second-order valence-electron chi connectivity index (χ2n) is 6.07. The van der Waals surface area contributed by atoms with E-state index >= 15 is 0 Å². The zero-order valence-electron chi connectivity index (χ0n) is 11.7. The van der Waals surface area contributed by atoms with E-state index < -0.39 is 0 Å². The molecule has 0 radical (unpaired) electrons. The molecular weight excluding hydrogens is 222 g/mol. The van der Waals surface area contributed by atoms with Gasteiger partial charge in [0.15, 0.2) is 0 Å². The highest BCUT2D eigenvalue weighted by Gasteiger charge is 2.26. The number of hydrogen-bond donors (Lipinski definition) is 0. The Balaban J connectivity index is 1.74. The molecule has 18 heavy (non-hydrogen) atoms. The van der Waals surface area contributed by atoms with Crippen LogP contribution >= 0.6 is 0 Å². The molecule has 3 heteroatoms. The number of nitrogens with zero attached hydrogens (tertiary/aromatic N) is 3. The molecule has 0 aromatic carbocycles. The average Bonchev–Trinajstić information content (AvgIpc) is 2.81. The van der Waals surface area contributed by atoms with E-state index in [-0.39, 0.29) is 0 Å². The maximum absolute atomic E-state index is 4.75. The van der Waals surface area contributed by atoms with Crippen LogP contribution in [0, 0.1) is 5.92 Å². The molecule has 3 nitrogen and oxygen atoms in total. The van der Waals surface area contributed by atoms with Crippen LogP contribution in [0.15, 0.2) is 6.20 Å². The maximum Gasteiger partial charge on any atom is 0.112 e. The fourth-order valence-corrected chi connectivity index (χ4v) is 3.49. The Hall–Kier alpha value is -0.830. The van der Waals surface area contributed by atoms with Gasteiger partial charge in [-0.25, -0.2) is 4.98 Å². The summed E-state index contributed by atoms with van der Waals surface area (Å²) in [5.74, 6) is 2.92. The van der Waals surface area contributed by atoms with Crippen LogP contribution in [-0.2, 0) is 13.0 Å². The molecule has 0 aliphatic carbocycles. The molecule has 2 aliphatic rings. The third kappa shape index (κ3) is 2.20. The van der Waals surface area contributed by atoms with Crippen LogP contribution < -0.4 is 0 Å². The number of aromatic nitrogens is 2. The van der Waals surface area contributed by atoms with Gasteiger partial charge in [-0.15, -0.1) is 0 Å². The number of rotatable bonds is 2. The summed E-state index contributed by atoms with van der Waals surface area (Å²) in [6.07, 6.45) is 7.27. The first-order valence-electron chi connectivity index (χ1n) is 7.54. The molecule has 100 valence electrons. The van der Waals surface area contributed by atoms with E-state index in [9.17, 15) is 0 Å². The fourth-order valence-electron chi connectivity index (χ4n) is 3.49. The van der Waals surface area contributed by atoms with Gasteiger partial charge in [-0.05, 0) is 51.2 Å². The van der Waals surface area contributed by atoms with Gasteiger partial charge in [0.05, 0.1) is 0 Å². The van der Waals surface area contributed by atoms with E-state index in [1.807, 2.05) is 0 Å². The Morgan fingerprint density at radius 2 is 2.00 bits per heavy atom. The zero-order valence-corrected chi connectivity index (χ0v) is 11.7. The van der Waals surface area contributed by atoms with Crippen molar-refractivity contribution in [2.24, 2.45) is 5.92 Å². The SMILES string of the molecule is CCN1CCC(c2ncc3n2CCC(C)C3)CC1. The Morgan fingerprint density at radius 3 is 2.72 bits per heavy atom. The first-order chi connectivity index (χ1) is 8.78. The minimum Gasteiger partial charge on any atom is -0.332 e. The van der Waals surface area contributed by atoms with Gasteiger partial charge in [0.1, 0.15) is 5.82 Å². The molecule has 1 aromatic rings. The Labute approximate surface area is 110 Å². The molecule has 1 fully saturated rings. The molecule has 0 saturated carbocycles. The number of piperidine rings is 1. The summed E-state index contributed by atoms with van der Waals surface area (Å²) in [4.78, 5) is 7.31. The minimum absolute atomic E-state index is 0.704. The molecule has 1 atom stereocenters. The van der Waals surface area contributed by atoms with Gasteiger partial charge in [-0.2, -0.15) is 0 Å². The van der Waals surface area contributed by atoms with Gasteiger partial charge in [0.2, 0.25) is 0 Å². The van der Waals surface area contributed by atoms with E-state index in [0.29, 0.717) is 5.92 Å². The number of hydrogen-bond acceptors (Lipinski definition) is 2. The average molecular weight is 247 g/mol. The van der Waals surface area contributed by atoms with Crippen LogP contribution in [0.2, 0.25) is 0 Å². The first-order valence-corrected chi connectivity index (χ1v) is 7.54. The second-order valence-corrected chi connectivity index (χ2v) is 6.07. The van der Waals surface area contributed by atoms with Gasteiger partial charge in [0.25, 0.3) is 0 Å². The van der Waals surface area contributed by atoms with Crippen molar-refractivity contribution in [2.45, 2.75) is 52.0 Å². The summed E-state index contributed by atoms with van der Waals surface area (Å²) in [6.45, 7) is 9.51. The van der Waals surface area contributed by atoms with Crippen molar-refractivity contribution < 1.29 is 0 Å². The lowest BCUT2D eigenvalue weighted by Gasteiger charge is -2.32. The Morgan fingerprint density at radius 1 is 1.22 bits per heavy atom. The second kappa shape index (κ2) is 5.04. The number of imidazole rings is 1. The largest absolute Gasteiger partial charge is 0.332 e. The van der Waals surface area contributed by atoms with E-state index in [2.05, 4.69) is 29.5 Å². The molecule has 1 saturated heterocycles. The van der Waals surface area contributed by atoms with E-state index in [4.69, 9.17) is 4.98 Å². The van der Waals surface area contributed by atoms with Crippen molar-refractivity contribution in [1.82, 2.24) is 14.5 Å². The van der Waals surface area contributed by atoms with Crippen LogP contribution in [0.3, 0.4) is 0 Å². The van der Waals surface area contributed by atoms with Crippen molar-refractivity contribution in [3.05, 3.63) is 17.7 Å². The molecule has 2 aliphatic heterocycles. The predicted octanol–water partition coefficient (Wildman–Crippen LogP) is 2.66. The molecule has 0 spiro atoms. The van der Waals surface area contributed by atoms with E-state index in [1.165, 1.54) is 63.4 Å². The third-order valence-corrected chi connectivity index (χ3v) is 4.77. The molecule has 3 heterocycles. The summed E-state index contributed by atoms with van der Waals surface area (Å²) in [5, 5.41) is 0. The van der Waals surface area contributed by atoms with Crippen LogP contribution in [0.1, 0.15) is 50.5 Å². The summed E-state index contributed by atoms with van der Waals surface area (Å²) in [6, 6.07) is 0. The summed E-state index contributed by atoms with van der Waals surface area (Å²) in [5.41, 5.74) is 1.47. The van der Waals surface area contributed by atoms with Crippen LogP contribution in [0.4, 0.5) is 0 Å². The van der Waals surface area contributed by atoms with Crippen molar-refractivity contribution >= 4 is 0 Å². The maximum atomic E-state index is 4.75. The molecular formula is C15H25N3. The lowest BCUT2D eigenvalue weighted by Crippen LogP contribution is -2.33. The Bertz CT molecular complexity index is 402. The van der Waals surface area contributed by atoms with Crippen molar-refractivity contribution in [3.63, 3.8) is 0 Å². The van der Waals surface area contributed by atoms with Gasteiger partial charge < -0.3 is 9.47 Å². The van der Waals surface area contributed by atoms with Crippen LogP contribution in [0.25, 0.3) is 0 Å². The smallest absolute Gasteiger partial charge is 0.112 e. The summed E-state index contributed by atoms with van der Waals surface area (Å²) >= 11 is 0. The van der Waals surface area contributed by atoms with Gasteiger partial charge in [0, 0.05) is 24.4 Å². The van der Waals surface area contributed by atoms with Gasteiger partial charge in [-0.3, -0.25) is 0 Å². The minimum atomic E-state index is 0.704. The highest BCUT2D eigenvalue weighted by Crippen LogP contribution is 2.30. The predicted molar refractivity (Wildman–Crippen MR) is 73.8 cm³/mol. The molecule has 0 bridgehead atoms. The third-order valence-electron chi connectivity index (χ3n) is 4.77. The Kier molecular flexibility index (Phi) is 3.42. The standard InChI is InChI=1S/C15H25N3/c1-3-17-7-5-13(6-8-17)15-16-11-14-10-12(2)4-9-18(14)15/h11-13H,3-10H2,1-2H3. The lowest BCUT2D eigenvalue weighted by atomic mass is 9.94. The highest BCUT2D eigenvalue weighted by molar-refractivity contribution is 5.13. The van der Waals surface area contributed by atoms with Gasteiger partial charge >= 0.3 is 0 Å². The van der Waals surface area contributed by atoms with Crippen molar-refractivity contribution in [1.29, 1.82) is 0 Å². The van der Waals surface area contributed by atoms with Crippen molar-refractivity contribution in [2.75, 3.05) is 19.6 Å². The lowest BCUT2D eigenvalue weighted by molar-refractivity contribution is 0.216. The van der Waals surface area contributed by atoms with E-state index in [0.717, 1.165) is 5.92 Å². The molecule has 0 N–H and O–H groups in total. The monoisotopic (exact) mass is 247 g/mol. The molecule has 3 rings (SSSR count). The normalized spacial score (nSPS) is 26.2. The quantitative estimate of drug-likeness (QED) is 0.801. The van der Waals surface area contributed by atoms with Crippen LogP contribution in [-0.4, -0.2) is 34.1 Å². The molecule has 1 unspecified atom stereocenters. The van der Waals surface area contributed by atoms with Gasteiger partial charge in [-0.1, -0.05) is 13.8 Å². The topological polar surface area (TPSA) is 21.1 Å². The van der Waals surface area contributed by atoms with Crippen molar-refractivity contribution in [3.8, 4) is 0 Å². The number of fused-ring (bicyclic) bond motifs is 1. The summed E-state index contributed by atoms with van der Waals surface area (Å²) < 4.78 is 2.52. The van der Waals surface area contributed by atoms with Crippen LogP contribution in [0.5, 0.6) is 0 Å². The fraction of sp³-hybridized carbons (Fsp3) is 0.800. The molecule has 0 amide bonds. The number of likely N-dealkylation sites (tertiary alicyclic amines) is 1. The zero-order chi connectivity index (χ0) is 12.5.